The average molecular weight is 521 g/mol. The number of benzene rings is 1. The number of likely N-dealkylation sites (N-methyl/N-ethyl adjacent to an activating group) is 1. The maximum absolute atomic E-state index is 13.7. The molecule has 0 aliphatic heterocycles. The van der Waals surface area contributed by atoms with E-state index in [-0.39, 0.29) is 39.0 Å². The number of ether oxygens (including phenoxy) is 2. The molecule has 0 spiro atoms. The Kier molecular flexibility index (Phi) is 12.6. The normalized spacial score (nSPS) is 12.6. The van der Waals surface area contributed by atoms with Crippen LogP contribution in [0.2, 0.25) is 0 Å². The van der Waals surface area contributed by atoms with Crippen LogP contribution in [0.4, 0.5) is 4.79 Å². The number of hydrogen-bond acceptors (Lipinski definition) is 7. The third-order valence-corrected chi connectivity index (χ3v) is 5.18. The summed E-state index contributed by atoms with van der Waals surface area (Å²) in [5.74, 6) is -2.18. The molecule has 0 aliphatic rings. The fourth-order valence-corrected chi connectivity index (χ4v) is 3.50. The van der Waals surface area contributed by atoms with Gasteiger partial charge in [0.05, 0.1) is 13.0 Å². The molecule has 0 fully saturated rings. The van der Waals surface area contributed by atoms with Crippen molar-refractivity contribution < 1.29 is 33.4 Å². The third-order valence-electron chi connectivity index (χ3n) is 5.18. The monoisotopic (exact) mass is 520 g/mol. The molecule has 2 atom stereocenters. The zero-order valence-corrected chi connectivity index (χ0v) is 22.6. The van der Waals surface area contributed by atoms with Gasteiger partial charge in [-0.1, -0.05) is 29.8 Å². The van der Waals surface area contributed by atoms with Crippen LogP contribution in [0.25, 0.3) is 0 Å². The van der Waals surface area contributed by atoms with Gasteiger partial charge in [-0.3, -0.25) is 19.2 Å². The molecule has 0 saturated carbocycles. The largest absolute Gasteiger partial charge is 0.466 e. The van der Waals surface area contributed by atoms with Crippen molar-refractivity contribution in [3.63, 3.8) is 0 Å². The van der Waals surface area contributed by atoms with Crippen LogP contribution in [0, 0.1) is 6.92 Å². The summed E-state index contributed by atoms with van der Waals surface area (Å²) in [5, 5.41) is 5.21. The lowest BCUT2D eigenvalue weighted by atomic mass is 10.0. The molecule has 0 radical (unpaired) electrons. The second-order valence-corrected chi connectivity index (χ2v) is 9.49. The van der Waals surface area contributed by atoms with E-state index in [0.29, 0.717) is 5.56 Å². The van der Waals surface area contributed by atoms with Crippen molar-refractivity contribution in [2.75, 3.05) is 19.7 Å². The first-order chi connectivity index (χ1) is 17.3. The number of aryl methyl sites for hydroxylation is 1. The first kappa shape index (κ1) is 31.4. The van der Waals surface area contributed by atoms with Crippen molar-refractivity contribution in [3.05, 3.63) is 35.4 Å². The number of carbonyl (C=O) groups is 5. The molecule has 0 aromatic heterocycles. The molecule has 1 rings (SSSR count). The topological polar surface area (TPSA) is 157 Å². The highest BCUT2D eigenvalue weighted by molar-refractivity contribution is 5.92. The van der Waals surface area contributed by atoms with Crippen LogP contribution in [0.1, 0.15) is 71.0 Å². The van der Waals surface area contributed by atoms with Gasteiger partial charge in [0.25, 0.3) is 0 Å². The molecule has 1 aromatic rings. The van der Waals surface area contributed by atoms with Crippen molar-refractivity contribution >= 4 is 29.8 Å². The maximum atomic E-state index is 13.7. The van der Waals surface area contributed by atoms with Crippen molar-refractivity contribution in [3.8, 4) is 0 Å². The summed E-state index contributed by atoms with van der Waals surface area (Å²) >= 11 is 0. The minimum atomic E-state index is -1.16. The van der Waals surface area contributed by atoms with Gasteiger partial charge in [0.1, 0.15) is 17.7 Å². The van der Waals surface area contributed by atoms with Gasteiger partial charge in [-0.05, 0) is 53.5 Å². The number of amides is 4. The van der Waals surface area contributed by atoms with Crippen molar-refractivity contribution in [2.45, 2.75) is 78.5 Å². The highest BCUT2D eigenvalue weighted by atomic mass is 16.6. The van der Waals surface area contributed by atoms with Crippen LogP contribution in [0.5, 0.6) is 0 Å². The molecular weight excluding hydrogens is 480 g/mol. The van der Waals surface area contributed by atoms with Gasteiger partial charge in [-0.25, -0.2) is 4.79 Å². The molecule has 1 aromatic carbocycles. The number of nitrogens with one attached hydrogen (secondary N) is 2. The molecule has 11 heteroatoms. The smallest absolute Gasteiger partial charge is 0.408 e. The standard InChI is InChI=1S/C26H40N4O7/c1-7-30(24(34)19(13-14-20(27)31)29-25(35)37-26(4,5)6)22(18-11-9-17(3)10-12-18)23(33)28-16-15-21(32)36-8-2/h9-12,19,22H,7-8,13-16H2,1-6H3,(H2,27,31)(H,28,33)(H,29,35). The number of carbonyl (C=O) groups excluding carboxylic acids is 5. The second-order valence-electron chi connectivity index (χ2n) is 9.49. The maximum Gasteiger partial charge on any atom is 0.408 e. The van der Waals surface area contributed by atoms with Gasteiger partial charge >= 0.3 is 12.1 Å². The van der Waals surface area contributed by atoms with Crippen LogP contribution in [-0.2, 0) is 28.7 Å². The minimum Gasteiger partial charge on any atom is -0.466 e. The molecule has 4 amide bonds. The Morgan fingerprint density at radius 3 is 2.16 bits per heavy atom. The molecule has 0 bridgehead atoms. The van der Waals surface area contributed by atoms with E-state index in [1.807, 2.05) is 19.1 Å². The van der Waals surface area contributed by atoms with Crippen molar-refractivity contribution in [1.82, 2.24) is 15.5 Å². The lowest BCUT2D eigenvalue weighted by Crippen LogP contribution is -2.53. The van der Waals surface area contributed by atoms with Crippen molar-refractivity contribution in [2.24, 2.45) is 5.73 Å². The summed E-state index contributed by atoms with van der Waals surface area (Å²) < 4.78 is 10.2. The van der Waals surface area contributed by atoms with Gasteiger partial charge in [-0.15, -0.1) is 0 Å². The van der Waals surface area contributed by atoms with E-state index >= 15 is 0 Å². The Morgan fingerprint density at radius 1 is 1.03 bits per heavy atom. The Bertz CT molecular complexity index is 941. The Hall–Kier alpha value is -3.63. The van der Waals surface area contributed by atoms with Gasteiger partial charge in [0.15, 0.2) is 0 Å². The van der Waals surface area contributed by atoms with Crippen molar-refractivity contribution in [1.29, 1.82) is 0 Å². The SMILES string of the molecule is CCOC(=O)CCNC(=O)C(c1ccc(C)cc1)N(CC)C(=O)C(CCC(N)=O)NC(=O)OC(C)(C)C. The highest BCUT2D eigenvalue weighted by Gasteiger charge is 2.35. The predicted octanol–water partition coefficient (Wildman–Crippen LogP) is 2.11. The molecule has 0 saturated heterocycles. The molecule has 37 heavy (non-hydrogen) atoms. The summed E-state index contributed by atoms with van der Waals surface area (Å²) in [6.07, 6.45) is -1.10. The van der Waals surface area contributed by atoms with Gasteiger partial charge in [0, 0.05) is 19.5 Å². The van der Waals surface area contributed by atoms with Gasteiger partial charge in [0.2, 0.25) is 17.7 Å². The van der Waals surface area contributed by atoms with E-state index in [1.165, 1.54) is 4.90 Å². The lowest BCUT2D eigenvalue weighted by Gasteiger charge is -2.33. The Balaban J connectivity index is 3.27. The third kappa shape index (κ3) is 11.3. The van der Waals surface area contributed by atoms with Crippen LogP contribution in [0.15, 0.2) is 24.3 Å². The zero-order chi connectivity index (χ0) is 28.2. The highest BCUT2D eigenvalue weighted by Crippen LogP contribution is 2.24. The fourth-order valence-electron chi connectivity index (χ4n) is 3.50. The van der Waals surface area contributed by atoms with Gasteiger partial charge < -0.3 is 30.7 Å². The summed E-state index contributed by atoms with van der Waals surface area (Å²) in [6, 6.07) is 4.88. The van der Waals surface area contributed by atoms with Gasteiger partial charge in [-0.2, -0.15) is 0 Å². The lowest BCUT2D eigenvalue weighted by molar-refractivity contribution is -0.144. The van der Waals surface area contributed by atoms with Crippen LogP contribution >= 0.6 is 0 Å². The first-order valence-corrected chi connectivity index (χ1v) is 12.4. The Labute approximate surface area is 218 Å². The number of rotatable bonds is 13. The molecule has 206 valence electrons. The predicted molar refractivity (Wildman–Crippen MR) is 137 cm³/mol. The summed E-state index contributed by atoms with van der Waals surface area (Å²) in [5.41, 5.74) is 5.98. The number of nitrogens with zero attached hydrogens (tertiary/aromatic N) is 1. The molecule has 4 N–H and O–H groups in total. The zero-order valence-electron chi connectivity index (χ0n) is 22.6. The van der Waals surface area contributed by atoms with E-state index in [0.717, 1.165) is 5.56 Å². The minimum absolute atomic E-state index is 0.0209. The average Bonchev–Trinajstić information content (AvgIpc) is 2.79. The molecule has 11 nitrogen and oxygen atoms in total. The number of hydrogen-bond donors (Lipinski definition) is 3. The van der Waals surface area contributed by atoms with Crippen LogP contribution < -0.4 is 16.4 Å². The molecule has 2 unspecified atom stereocenters. The Morgan fingerprint density at radius 2 is 1.65 bits per heavy atom. The number of nitrogens with two attached hydrogens (primary N) is 1. The second kappa shape index (κ2) is 14.8. The van der Waals surface area contributed by atoms with E-state index in [9.17, 15) is 24.0 Å². The molecule has 0 heterocycles. The van der Waals surface area contributed by atoms with E-state index in [2.05, 4.69) is 10.6 Å². The van der Waals surface area contributed by atoms with Crippen LogP contribution in [0.3, 0.4) is 0 Å². The van der Waals surface area contributed by atoms with E-state index in [4.69, 9.17) is 15.2 Å². The number of primary amides is 1. The molecule has 0 aliphatic carbocycles. The summed E-state index contributed by atoms with van der Waals surface area (Å²) in [6.45, 7) is 10.7. The van der Waals surface area contributed by atoms with E-state index < -0.39 is 47.5 Å². The number of esters is 1. The quantitative estimate of drug-likeness (QED) is 0.336. The summed E-state index contributed by atoms with van der Waals surface area (Å²) in [4.78, 5) is 63.9. The fraction of sp³-hybridized carbons (Fsp3) is 0.577. The van der Waals surface area contributed by atoms with E-state index in [1.54, 1.807) is 46.8 Å². The molecular formula is C26H40N4O7. The number of alkyl carbamates (subject to hydrolysis) is 1. The first-order valence-electron chi connectivity index (χ1n) is 12.4. The summed E-state index contributed by atoms with van der Waals surface area (Å²) in [7, 11) is 0. The van der Waals surface area contributed by atoms with Crippen LogP contribution in [-0.4, -0.2) is 66.0 Å².